The Labute approximate surface area is 130 Å². The van der Waals surface area contributed by atoms with E-state index in [0.29, 0.717) is 0 Å². The van der Waals surface area contributed by atoms with Gasteiger partial charge in [0.1, 0.15) is 0 Å². The van der Waals surface area contributed by atoms with Crippen molar-refractivity contribution in [1.29, 1.82) is 0 Å². The summed E-state index contributed by atoms with van der Waals surface area (Å²) in [4.78, 5) is 23.6. The number of hydrogen-bond donors (Lipinski definition) is 1. The predicted octanol–water partition coefficient (Wildman–Crippen LogP) is 3.04. The molecule has 1 amide bonds. The highest BCUT2D eigenvalue weighted by Crippen LogP contribution is 2.36. The Hall–Kier alpha value is -1.64. The average Bonchev–Trinajstić information content (AvgIpc) is 2.90. The lowest BCUT2D eigenvalue weighted by molar-refractivity contribution is -0.120. The van der Waals surface area contributed by atoms with Crippen LogP contribution in [0.15, 0.2) is 6.07 Å². The van der Waals surface area contributed by atoms with Crippen LogP contribution in [0, 0.1) is 23.3 Å². The molecule has 0 radical (unpaired) electrons. The van der Waals surface area contributed by atoms with Crippen LogP contribution in [-0.4, -0.2) is 39.8 Å². The fourth-order valence-corrected chi connectivity index (χ4v) is 2.97. The fourth-order valence-electron chi connectivity index (χ4n) is 2.60. The second-order valence-electron chi connectivity index (χ2n) is 4.87. The molecule has 4 nitrogen and oxygen atoms in total. The molecule has 120 valence electrons. The molecule has 1 heterocycles. The topological polar surface area (TPSA) is 57.6 Å². The summed E-state index contributed by atoms with van der Waals surface area (Å²) in [6, 6.07) is -1.04. The number of amides is 1. The van der Waals surface area contributed by atoms with Gasteiger partial charge in [-0.15, -0.1) is 0 Å². The number of Topliss-reactive ketones (excluding diaryl/α,β-unsaturated/α-hetero) is 1. The van der Waals surface area contributed by atoms with Crippen LogP contribution < -0.4 is 0 Å². The molecular weight excluding hydrogens is 374 g/mol. The SMILES string of the molecule is O=C(CBr)C1C[C@H](c2c(F)c(F)cc(F)c2F)CN1C(=O)O. The van der Waals surface area contributed by atoms with Gasteiger partial charge in [-0.25, -0.2) is 22.4 Å². The summed E-state index contributed by atoms with van der Waals surface area (Å²) in [5, 5.41) is 8.92. The molecule has 0 bridgehead atoms. The van der Waals surface area contributed by atoms with E-state index in [2.05, 4.69) is 15.9 Å². The van der Waals surface area contributed by atoms with Crippen molar-refractivity contribution in [3.8, 4) is 0 Å². The summed E-state index contributed by atoms with van der Waals surface area (Å²) in [5.74, 6) is -7.91. The summed E-state index contributed by atoms with van der Waals surface area (Å²) in [6.07, 6.45) is -1.69. The number of alkyl halides is 1. The van der Waals surface area contributed by atoms with Crippen molar-refractivity contribution < 1.29 is 32.3 Å². The first-order valence-corrected chi connectivity index (χ1v) is 7.31. The molecule has 9 heteroatoms. The van der Waals surface area contributed by atoms with Gasteiger partial charge in [0.25, 0.3) is 0 Å². The van der Waals surface area contributed by atoms with Crippen LogP contribution in [-0.2, 0) is 4.79 Å². The van der Waals surface area contributed by atoms with Crippen LogP contribution in [0.5, 0.6) is 0 Å². The van der Waals surface area contributed by atoms with Crippen molar-refractivity contribution in [3.63, 3.8) is 0 Å². The third-order valence-corrected chi connectivity index (χ3v) is 4.16. The van der Waals surface area contributed by atoms with E-state index in [4.69, 9.17) is 5.11 Å². The number of benzene rings is 1. The van der Waals surface area contributed by atoms with E-state index < -0.39 is 59.2 Å². The normalized spacial score (nSPS) is 21.2. The highest BCUT2D eigenvalue weighted by atomic mass is 79.9. The number of carboxylic acid groups (broad SMARTS) is 1. The molecule has 0 aliphatic carbocycles. The predicted molar refractivity (Wildman–Crippen MR) is 71.0 cm³/mol. The van der Waals surface area contributed by atoms with E-state index in [0.717, 1.165) is 4.90 Å². The van der Waals surface area contributed by atoms with Gasteiger partial charge < -0.3 is 5.11 Å². The van der Waals surface area contributed by atoms with Gasteiger partial charge in [0.15, 0.2) is 29.1 Å². The zero-order valence-electron chi connectivity index (χ0n) is 11.0. The number of carbonyl (C=O) groups excluding carboxylic acids is 1. The minimum absolute atomic E-state index is 0.0825. The molecule has 0 saturated carbocycles. The Morgan fingerprint density at radius 3 is 2.23 bits per heavy atom. The maximum atomic E-state index is 13.8. The monoisotopic (exact) mass is 383 g/mol. The minimum atomic E-state index is -1.57. The molecule has 1 aromatic carbocycles. The number of likely N-dealkylation sites (tertiary alicyclic amines) is 1. The highest BCUT2D eigenvalue weighted by molar-refractivity contribution is 9.09. The van der Waals surface area contributed by atoms with Gasteiger partial charge in [0, 0.05) is 24.1 Å². The standard InChI is InChI=1S/C13H10BrF4NO3/c14-3-9(20)8-1-5(4-19(8)13(21)22)10-11(17)6(15)2-7(16)12(10)18/h2,5,8H,1,3-4H2,(H,21,22)/t5-,8?/m0/s1. The molecule has 1 saturated heterocycles. The number of ketones is 1. The lowest BCUT2D eigenvalue weighted by Gasteiger charge is -2.19. The van der Waals surface area contributed by atoms with Crippen molar-refractivity contribution in [3.05, 3.63) is 34.9 Å². The third-order valence-electron chi connectivity index (χ3n) is 3.60. The summed E-state index contributed by atoms with van der Waals surface area (Å²) in [7, 11) is 0. The van der Waals surface area contributed by atoms with Crippen LogP contribution in [0.25, 0.3) is 0 Å². The summed E-state index contributed by atoms with van der Waals surface area (Å²) >= 11 is 2.89. The lowest BCUT2D eigenvalue weighted by Crippen LogP contribution is -2.40. The van der Waals surface area contributed by atoms with Crippen molar-refractivity contribution in [2.24, 2.45) is 0 Å². The first kappa shape index (κ1) is 16.7. The Bertz CT molecular complexity index is 614. The quantitative estimate of drug-likeness (QED) is 0.495. The Balaban J connectivity index is 2.44. The summed E-state index contributed by atoms with van der Waals surface area (Å²) in [5.41, 5.74) is -0.867. The second kappa shape index (κ2) is 6.23. The van der Waals surface area contributed by atoms with Gasteiger partial charge in [-0.05, 0) is 6.42 Å². The van der Waals surface area contributed by atoms with Gasteiger partial charge in [-0.2, -0.15) is 0 Å². The first-order chi connectivity index (χ1) is 10.3. The third kappa shape index (κ3) is 2.81. The Kier molecular flexibility index (Phi) is 4.74. The molecule has 2 atom stereocenters. The zero-order chi connectivity index (χ0) is 16.6. The maximum absolute atomic E-state index is 13.8. The Morgan fingerprint density at radius 1 is 1.23 bits per heavy atom. The van der Waals surface area contributed by atoms with Gasteiger partial charge >= 0.3 is 6.09 Å². The van der Waals surface area contributed by atoms with E-state index in [1.807, 2.05) is 0 Å². The number of rotatable bonds is 3. The summed E-state index contributed by atoms with van der Waals surface area (Å²) in [6.45, 7) is -0.421. The van der Waals surface area contributed by atoms with Crippen LogP contribution in [0.3, 0.4) is 0 Å². The number of hydrogen-bond acceptors (Lipinski definition) is 2. The first-order valence-electron chi connectivity index (χ1n) is 6.19. The van der Waals surface area contributed by atoms with E-state index in [1.165, 1.54) is 0 Å². The molecule has 22 heavy (non-hydrogen) atoms. The molecule has 0 spiro atoms. The molecule has 2 rings (SSSR count). The lowest BCUT2D eigenvalue weighted by atomic mass is 9.94. The molecular formula is C13H10BrF4NO3. The number of carbonyl (C=O) groups is 2. The largest absolute Gasteiger partial charge is 0.465 e. The average molecular weight is 384 g/mol. The van der Waals surface area contributed by atoms with E-state index in [9.17, 15) is 27.2 Å². The van der Waals surface area contributed by atoms with Gasteiger partial charge in [0.05, 0.1) is 11.4 Å². The minimum Gasteiger partial charge on any atom is -0.465 e. The van der Waals surface area contributed by atoms with Crippen molar-refractivity contribution >= 4 is 27.8 Å². The number of halogens is 5. The van der Waals surface area contributed by atoms with E-state index in [1.54, 1.807) is 0 Å². The Morgan fingerprint density at radius 2 is 1.77 bits per heavy atom. The van der Waals surface area contributed by atoms with Crippen molar-refractivity contribution in [1.82, 2.24) is 4.90 Å². The van der Waals surface area contributed by atoms with E-state index >= 15 is 0 Å². The van der Waals surface area contributed by atoms with Crippen LogP contribution in [0.2, 0.25) is 0 Å². The highest BCUT2D eigenvalue weighted by Gasteiger charge is 2.42. The van der Waals surface area contributed by atoms with Crippen molar-refractivity contribution in [2.45, 2.75) is 18.4 Å². The molecule has 1 N–H and O–H groups in total. The van der Waals surface area contributed by atoms with Crippen LogP contribution in [0.4, 0.5) is 22.4 Å². The van der Waals surface area contributed by atoms with Gasteiger partial charge in [-0.1, -0.05) is 15.9 Å². The fraction of sp³-hybridized carbons (Fsp3) is 0.385. The van der Waals surface area contributed by atoms with Gasteiger partial charge in [0.2, 0.25) is 0 Å². The molecule has 1 fully saturated rings. The summed E-state index contributed by atoms with van der Waals surface area (Å²) < 4.78 is 54.1. The van der Waals surface area contributed by atoms with Gasteiger partial charge in [-0.3, -0.25) is 9.69 Å². The zero-order valence-corrected chi connectivity index (χ0v) is 12.5. The number of nitrogens with zero attached hydrogens (tertiary/aromatic N) is 1. The molecule has 1 aromatic rings. The molecule has 1 aliphatic heterocycles. The second-order valence-corrected chi connectivity index (χ2v) is 5.43. The van der Waals surface area contributed by atoms with Crippen LogP contribution >= 0.6 is 15.9 Å². The smallest absolute Gasteiger partial charge is 0.407 e. The van der Waals surface area contributed by atoms with Crippen LogP contribution in [0.1, 0.15) is 17.9 Å². The maximum Gasteiger partial charge on any atom is 0.407 e. The molecule has 0 aromatic heterocycles. The van der Waals surface area contributed by atoms with E-state index in [-0.39, 0.29) is 17.8 Å². The van der Waals surface area contributed by atoms with Crippen molar-refractivity contribution in [2.75, 3.05) is 11.9 Å². The molecule has 1 unspecified atom stereocenters. The molecule has 1 aliphatic rings.